The Kier molecular flexibility index (Phi) is 6.10. The summed E-state index contributed by atoms with van der Waals surface area (Å²) in [5, 5.41) is 10.1. The number of nitrogens with zero attached hydrogens (tertiary/aromatic N) is 1. The monoisotopic (exact) mass is 370 g/mol. The third-order valence-corrected chi connectivity index (χ3v) is 4.94. The fourth-order valence-electron chi connectivity index (χ4n) is 2.23. The van der Waals surface area contributed by atoms with E-state index in [-0.39, 0.29) is 12.1 Å². The van der Waals surface area contributed by atoms with Gasteiger partial charge in [-0.1, -0.05) is 12.1 Å². The maximum atomic E-state index is 13.6. The Balaban J connectivity index is 2.00. The first kappa shape index (κ1) is 19.3. The highest BCUT2D eigenvalue weighted by Gasteiger charge is 2.17. The molecule has 0 aliphatic carbocycles. The number of aliphatic hydroxyl groups excluding tert-OH is 1. The summed E-state index contributed by atoms with van der Waals surface area (Å²) in [7, 11) is -0.163. The van der Waals surface area contributed by atoms with Crippen molar-refractivity contribution >= 4 is 15.7 Å². The van der Waals surface area contributed by atoms with E-state index in [0.29, 0.717) is 5.56 Å². The molecule has 25 heavy (non-hydrogen) atoms. The fourth-order valence-corrected chi connectivity index (χ4v) is 3.37. The molecule has 0 bridgehead atoms. The molecule has 1 atom stereocenters. The topological polar surface area (TPSA) is 69.6 Å². The number of rotatable bonds is 7. The normalized spacial score (nSPS) is 12.8. The number of hydrogen-bond acceptors (Lipinski definition) is 4. The third-order valence-electron chi connectivity index (χ3n) is 3.64. The summed E-state index contributed by atoms with van der Waals surface area (Å²) in [5.74, 6) is -2.22. The van der Waals surface area contributed by atoms with E-state index in [9.17, 15) is 22.3 Å². The van der Waals surface area contributed by atoms with Crippen molar-refractivity contribution in [1.82, 2.24) is 4.72 Å². The van der Waals surface area contributed by atoms with Gasteiger partial charge in [-0.25, -0.2) is 21.9 Å². The molecule has 0 radical (unpaired) electrons. The average Bonchev–Trinajstić information content (AvgIpc) is 2.56. The summed E-state index contributed by atoms with van der Waals surface area (Å²) < 4.78 is 52.9. The Bertz CT molecular complexity index is 824. The van der Waals surface area contributed by atoms with Crippen LogP contribution in [0.15, 0.2) is 42.5 Å². The van der Waals surface area contributed by atoms with Crippen LogP contribution in [-0.2, 0) is 15.8 Å². The van der Waals surface area contributed by atoms with Gasteiger partial charge in [-0.3, -0.25) is 0 Å². The molecule has 0 heterocycles. The van der Waals surface area contributed by atoms with Crippen molar-refractivity contribution in [3.63, 3.8) is 0 Å². The van der Waals surface area contributed by atoms with Crippen LogP contribution in [0, 0.1) is 11.6 Å². The highest BCUT2D eigenvalue weighted by atomic mass is 32.2. The minimum Gasteiger partial charge on any atom is -0.387 e. The second-order valence-electron chi connectivity index (χ2n) is 5.85. The summed E-state index contributed by atoms with van der Waals surface area (Å²) in [6.07, 6.45) is -1.05. The van der Waals surface area contributed by atoms with Crippen molar-refractivity contribution in [3.05, 3.63) is 65.2 Å². The van der Waals surface area contributed by atoms with Gasteiger partial charge in [0.1, 0.15) is 11.6 Å². The molecule has 0 saturated heterocycles. The van der Waals surface area contributed by atoms with E-state index >= 15 is 0 Å². The number of anilines is 1. The molecule has 2 aromatic carbocycles. The van der Waals surface area contributed by atoms with Crippen molar-refractivity contribution < 1.29 is 22.3 Å². The van der Waals surface area contributed by atoms with E-state index in [4.69, 9.17) is 0 Å². The molecule has 0 aliphatic heterocycles. The Morgan fingerprint density at radius 1 is 1.12 bits per heavy atom. The molecule has 0 aromatic heterocycles. The number of sulfonamides is 1. The van der Waals surface area contributed by atoms with Crippen LogP contribution in [0.3, 0.4) is 0 Å². The summed E-state index contributed by atoms with van der Waals surface area (Å²) in [4.78, 5) is 1.90. The maximum Gasteiger partial charge on any atom is 0.215 e. The van der Waals surface area contributed by atoms with Gasteiger partial charge in [-0.2, -0.15) is 0 Å². The second-order valence-corrected chi connectivity index (χ2v) is 7.65. The lowest BCUT2D eigenvalue weighted by Crippen LogP contribution is -2.30. The first-order valence-electron chi connectivity index (χ1n) is 7.54. The van der Waals surface area contributed by atoms with Crippen LogP contribution < -0.4 is 9.62 Å². The Labute approximate surface area is 146 Å². The standard InChI is InChI=1S/C17H20F2N2O3S/c1-21(2)15-6-3-12(4-7-15)17(22)10-20-25(23,24)11-13-9-14(18)5-8-16(13)19/h3-9,17,20,22H,10-11H2,1-2H3. The van der Waals surface area contributed by atoms with Crippen LogP contribution in [0.1, 0.15) is 17.2 Å². The highest BCUT2D eigenvalue weighted by molar-refractivity contribution is 7.88. The Morgan fingerprint density at radius 3 is 2.36 bits per heavy atom. The average molecular weight is 370 g/mol. The number of aliphatic hydroxyl groups is 1. The predicted molar refractivity (Wildman–Crippen MR) is 92.7 cm³/mol. The lowest BCUT2D eigenvalue weighted by molar-refractivity contribution is 0.182. The molecule has 0 fully saturated rings. The largest absolute Gasteiger partial charge is 0.387 e. The Morgan fingerprint density at radius 2 is 1.76 bits per heavy atom. The fraction of sp³-hybridized carbons (Fsp3) is 0.294. The van der Waals surface area contributed by atoms with Gasteiger partial charge in [0.25, 0.3) is 0 Å². The van der Waals surface area contributed by atoms with E-state index in [1.165, 1.54) is 0 Å². The zero-order valence-corrected chi connectivity index (χ0v) is 14.7. The number of benzene rings is 2. The minimum atomic E-state index is -3.92. The quantitative estimate of drug-likeness (QED) is 0.784. The first-order valence-corrected chi connectivity index (χ1v) is 9.20. The molecule has 0 spiro atoms. The zero-order chi connectivity index (χ0) is 18.6. The maximum absolute atomic E-state index is 13.6. The molecule has 1 unspecified atom stereocenters. The number of nitrogens with one attached hydrogen (secondary N) is 1. The number of halogens is 2. The highest BCUT2D eigenvalue weighted by Crippen LogP contribution is 2.18. The van der Waals surface area contributed by atoms with E-state index in [1.807, 2.05) is 19.0 Å². The molecule has 8 heteroatoms. The second kappa shape index (κ2) is 7.90. The summed E-state index contributed by atoms with van der Waals surface area (Å²) in [6, 6.07) is 9.62. The van der Waals surface area contributed by atoms with Gasteiger partial charge in [0.2, 0.25) is 10.0 Å². The molecule has 0 saturated carbocycles. The molecule has 2 N–H and O–H groups in total. The van der Waals surface area contributed by atoms with Gasteiger partial charge in [-0.05, 0) is 35.9 Å². The molecular formula is C17H20F2N2O3S. The van der Waals surface area contributed by atoms with Crippen molar-refractivity contribution in [3.8, 4) is 0 Å². The third kappa shape index (κ3) is 5.48. The van der Waals surface area contributed by atoms with E-state index in [1.54, 1.807) is 24.3 Å². The van der Waals surface area contributed by atoms with E-state index < -0.39 is 33.5 Å². The SMILES string of the molecule is CN(C)c1ccc(C(O)CNS(=O)(=O)Cc2cc(F)ccc2F)cc1. The van der Waals surface area contributed by atoms with Crippen molar-refractivity contribution in [1.29, 1.82) is 0 Å². The summed E-state index contributed by atoms with van der Waals surface area (Å²) in [5.41, 5.74) is 1.22. The van der Waals surface area contributed by atoms with E-state index in [2.05, 4.69) is 4.72 Å². The smallest absolute Gasteiger partial charge is 0.215 e. The van der Waals surface area contributed by atoms with Crippen LogP contribution in [0.4, 0.5) is 14.5 Å². The molecule has 2 aromatic rings. The predicted octanol–water partition coefficient (Wildman–Crippen LogP) is 2.18. The summed E-state index contributed by atoms with van der Waals surface area (Å²) >= 11 is 0. The first-order chi connectivity index (χ1) is 11.7. The van der Waals surface area contributed by atoms with Gasteiger partial charge in [-0.15, -0.1) is 0 Å². The van der Waals surface area contributed by atoms with Crippen molar-refractivity contribution in [2.24, 2.45) is 0 Å². The summed E-state index contributed by atoms with van der Waals surface area (Å²) in [6.45, 7) is -0.263. The molecular weight excluding hydrogens is 350 g/mol. The molecule has 5 nitrogen and oxygen atoms in total. The zero-order valence-electron chi connectivity index (χ0n) is 13.9. The van der Waals surface area contributed by atoms with Gasteiger partial charge in [0.05, 0.1) is 11.9 Å². The lowest BCUT2D eigenvalue weighted by atomic mass is 10.1. The minimum absolute atomic E-state index is 0.263. The van der Waals surface area contributed by atoms with Gasteiger partial charge < -0.3 is 10.0 Å². The van der Waals surface area contributed by atoms with Gasteiger partial charge in [0.15, 0.2) is 0 Å². The Hall–Kier alpha value is -2.03. The van der Waals surface area contributed by atoms with Gasteiger partial charge in [0, 0.05) is 31.9 Å². The van der Waals surface area contributed by atoms with Gasteiger partial charge >= 0.3 is 0 Å². The lowest BCUT2D eigenvalue weighted by Gasteiger charge is -2.16. The molecule has 0 amide bonds. The van der Waals surface area contributed by atoms with Crippen LogP contribution in [0.2, 0.25) is 0 Å². The van der Waals surface area contributed by atoms with E-state index in [0.717, 1.165) is 23.9 Å². The van der Waals surface area contributed by atoms with Crippen LogP contribution >= 0.6 is 0 Å². The van der Waals surface area contributed by atoms with Crippen LogP contribution in [0.5, 0.6) is 0 Å². The molecule has 0 aliphatic rings. The van der Waals surface area contributed by atoms with Crippen LogP contribution in [0.25, 0.3) is 0 Å². The van der Waals surface area contributed by atoms with Crippen molar-refractivity contribution in [2.45, 2.75) is 11.9 Å². The molecule has 136 valence electrons. The number of hydrogen-bond donors (Lipinski definition) is 2. The molecule has 2 rings (SSSR count). The van der Waals surface area contributed by atoms with Crippen molar-refractivity contribution in [2.75, 3.05) is 25.5 Å². The van der Waals surface area contributed by atoms with Crippen LogP contribution in [-0.4, -0.2) is 34.2 Å².